The number of aliphatic hydroxyl groups is 2. The highest BCUT2D eigenvalue weighted by molar-refractivity contribution is 9.10. The highest BCUT2D eigenvalue weighted by Gasteiger charge is 2.56. The number of hydrogen-bond donors (Lipinski definition) is 6. The SMILES string of the molecule is N=CC(=O)N/C(=N\O)N[C@@H]1O[C@H](CO)[C@@H](O)[C@]1(F)Br. The first-order valence-corrected chi connectivity index (χ1v) is 5.78. The number of oxime groups is 1. The van der Waals surface area contributed by atoms with Crippen LogP contribution < -0.4 is 10.6 Å². The van der Waals surface area contributed by atoms with E-state index in [2.05, 4.69) is 26.4 Å². The van der Waals surface area contributed by atoms with Crippen molar-refractivity contribution in [2.75, 3.05) is 6.61 Å². The van der Waals surface area contributed by atoms with E-state index < -0.39 is 41.5 Å². The Morgan fingerprint density at radius 3 is 2.74 bits per heavy atom. The molecule has 6 N–H and O–H groups in total. The number of rotatable bonds is 3. The maximum absolute atomic E-state index is 14.1. The van der Waals surface area contributed by atoms with Crippen molar-refractivity contribution >= 4 is 34.0 Å². The summed E-state index contributed by atoms with van der Waals surface area (Å²) >= 11 is 2.59. The van der Waals surface area contributed by atoms with Crippen LogP contribution in [-0.4, -0.2) is 63.1 Å². The summed E-state index contributed by atoms with van der Waals surface area (Å²) in [4.78, 5) is 10.9. The zero-order valence-electron chi connectivity index (χ0n) is 9.38. The van der Waals surface area contributed by atoms with E-state index in [1.807, 2.05) is 5.32 Å². The third-order valence-corrected chi connectivity index (χ3v) is 3.21. The van der Waals surface area contributed by atoms with Crippen molar-refractivity contribution in [2.45, 2.75) is 23.0 Å². The van der Waals surface area contributed by atoms with Crippen molar-refractivity contribution in [3.8, 4) is 0 Å². The molecule has 1 amide bonds. The molecule has 1 fully saturated rings. The number of halogens is 2. The third kappa shape index (κ3) is 3.37. The van der Waals surface area contributed by atoms with Crippen molar-refractivity contribution in [3.63, 3.8) is 0 Å². The lowest BCUT2D eigenvalue weighted by Gasteiger charge is -2.23. The molecule has 9 nitrogen and oxygen atoms in total. The highest BCUT2D eigenvalue weighted by Crippen LogP contribution is 2.38. The minimum absolute atomic E-state index is 0.407. The Balaban J connectivity index is 2.75. The minimum Gasteiger partial charge on any atom is -0.408 e. The van der Waals surface area contributed by atoms with Gasteiger partial charge >= 0.3 is 0 Å². The van der Waals surface area contributed by atoms with E-state index in [1.165, 1.54) is 0 Å². The van der Waals surface area contributed by atoms with Crippen molar-refractivity contribution in [1.29, 1.82) is 5.41 Å². The van der Waals surface area contributed by atoms with Gasteiger partial charge in [-0.05, 0) is 15.9 Å². The zero-order valence-corrected chi connectivity index (χ0v) is 11.0. The van der Waals surface area contributed by atoms with Crippen LogP contribution in [0.4, 0.5) is 4.39 Å². The molecule has 0 aromatic rings. The summed E-state index contributed by atoms with van der Waals surface area (Å²) in [5.74, 6) is -1.50. The van der Waals surface area contributed by atoms with Gasteiger partial charge < -0.3 is 30.9 Å². The van der Waals surface area contributed by atoms with Crippen LogP contribution in [0.1, 0.15) is 0 Å². The highest BCUT2D eigenvalue weighted by atomic mass is 79.9. The molecule has 0 saturated carbocycles. The molecule has 11 heteroatoms. The van der Waals surface area contributed by atoms with Crippen LogP contribution in [0.5, 0.6) is 0 Å². The van der Waals surface area contributed by atoms with Gasteiger partial charge in [-0.15, -0.1) is 0 Å². The van der Waals surface area contributed by atoms with Crippen LogP contribution in [-0.2, 0) is 9.53 Å². The molecule has 1 heterocycles. The zero-order chi connectivity index (χ0) is 14.6. The van der Waals surface area contributed by atoms with Gasteiger partial charge in [0.2, 0.25) is 10.5 Å². The number of carbonyl (C=O) groups excluding carboxylic acids is 1. The second-order valence-electron chi connectivity index (χ2n) is 3.58. The molecule has 1 saturated heterocycles. The van der Waals surface area contributed by atoms with Crippen LogP contribution in [0.25, 0.3) is 0 Å². The first-order chi connectivity index (χ1) is 8.86. The molecular weight excluding hydrogens is 331 g/mol. The van der Waals surface area contributed by atoms with Crippen LogP contribution in [0.3, 0.4) is 0 Å². The van der Waals surface area contributed by atoms with Gasteiger partial charge in [0.1, 0.15) is 12.2 Å². The van der Waals surface area contributed by atoms with E-state index >= 15 is 0 Å². The van der Waals surface area contributed by atoms with Gasteiger partial charge in [-0.3, -0.25) is 10.1 Å². The second kappa shape index (κ2) is 6.23. The van der Waals surface area contributed by atoms with Gasteiger partial charge in [0, 0.05) is 0 Å². The van der Waals surface area contributed by atoms with Gasteiger partial charge in [-0.25, -0.2) is 4.39 Å². The molecule has 0 aromatic heterocycles. The normalized spacial score (nSPS) is 34.9. The topological polar surface area (TPSA) is 147 Å². The molecule has 0 aromatic carbocycles. The average molecular weight is 343 g/mol. The van der Waals surface area contributed by atoms with Crippen LogP contribution in [0, 0.1) is 5.41 Å². The van der Waals surface area contributed by atoms with Crippen molar-refractivity contribution in [3.05, 3.63) is 0 Å². The Hall–Kier alpha value is -1.30. The van der Waals surface area contributed by atoms with E-state index in [1.54, 1.807) is 0 Å². The van der Waals surface area contributed by atoms with E-state index in [4.69, 9.17) is 20.5 Å². The number of nitrogens with one attached hydrogen (secondary N) is 3. The lowest BCUT2D eigenvalue weighted by molar-refractivity contribution is -0.113. The third-order valence-electron chi connectivity index (χ3n) is 2.33. The second-order valence-corrected chi connectivity index (χ2v) is 4.80. The standard InChI is InChI=1S/C8H12BrFN4O5/c9-8(10)5(17)3(2-15)19-6(8)13-7(14-18)12-4(16)1-11/h1,3,5-6,11,15,17-18H,2H2,(H2,12,13,14,16)/t3-,5-,6-,8-/m1/s1. The minimum atomic E-state index is -2.47. The van der Waals surface area contributed by atoms with Gasteiger partial charge in [0.25, 0.3) is 5.91 Å². The van der Waals surface area contributed by atoms with Crippen molar-refractivity contribution in [1.82, 2.24) is 10.6 Å². The molecule has 0 aliphatic carbocycles. The summed E-state index contributed by atoms with van der Waals surface area (Å²) < 4.78 is 16.6. The average Bonchev–Trinajstić information content (AvgIpc) is 2.60. The molecule has 0 spiro atoms. The Kier molecular flexibility index (Phi) is 5.17. The fourth-order valence-corrected chi connectivity index (χ4v) is 1.90. The Morgan fingerprint density at radius 2 is 2.32 bits per heavy atom. The predicted molar refractivity (Wildman–Crippen MR) is 63.8 cm³/mol. The molecular formula is C8H12BrFN4O5. The molecule has 4 atom stereocenters. The van der Waals surface area contributed by atoms with Crippen LogP contribution in [0.2, 0.25) is 0 Å². The number of aliphatic hydroxyl groups excluding tert-OH is 2. The summed E-state index contributed by atoms with van der Waals surface area (Å²) in [6, 6.07) is 0. The van der Waals surface area contributed by atoms with Crippen LogP contribution >= 0.6 is 15.9 Å². The molecule has 0 radical (unpaired) electrons. The van der Waals surface area contributed by atoms with Crippen LogP contribution in [0.15, 0.2) is 5.16 Å². The summed E-state index contributed by atoms with van der Waals surface area (Å²) in [6.07, 6.45) is -3.99. The molecule has 0 bridgehead atoms. The number of alkyl halides is 2. The number of carbonyl (C=O) groups is 1. The molecule has 0 unspecified atom stereocenters. The first-order valence-electron chi connectivity index (χ1n) is 4.99. The monoisotopic (exact) mass is 342 g/mol. The van der Waals surface area contributed by atoms with E-state index in [-0.39, 0.29) is 0 Å². The summed E-state index contributed by atoms with van der Waals surface area (Å²) in [7, 11) is 0. The molecule has 19 heavy (non-hydrogen) atoms. The van der Waals surface area contributed by atoms with Gasteiger partial charge in [0.05, 0.1) is 12.8 Å². The maximum atomic E-state index is 14.1. The van der Waals surface area contributed by atoms with Gasteiger partial charge in [-0.1, -0.05) is 5.16 Å². The van der Waals surface area contributed by atoms with E-state index in [9.17, 15) is 14.3 Å². The lowest BCUT2D eigenvalue weighted by atomic mass is 10.1. The van der Waals surface area contributed by atoms with E-state index in [0.717, 1.165) is 0 Å². The van der Waals surface area contributed by atoms with Crippen molar-refractivity contribution in [2.24, 2.45) is 5.16 Å². The Bertz CT molecular complexity index is 393. The largest absolute Gasteiger partial charge is 0.408 e. The van der Waals surface area contributed by atoms with Gasteiger partial charge in [0.15, 0.2) is 6.23 Å². The fourth-order valence-electron chi connectivity index (χ4n) is 1.38. The Labute approximate surface area is 115 Å². The molecule has 1 aliphatic heterocycles. The summed E-state index contributed by atoms with van der Waals surface area (Å²) in [5, 5.41) is 40.4. The summed E-state index contributed by atoms with van der Waals surface area (Å²) in [5.41, 5.74) is 0. The number of ether oxygens (including phenoxy) is 1. The quantitative estimate of drug-likeness (QED) is 0.117. The fraction of sp³-hybridized carbons (Fsp3) is 0.625. The van der Waals surface area contributed by atoms with Gasteiger partial charge in [-0.2, -0.15) is 0 Å². The number of nitrogens with zero attached hydrogens (tertiary/aromatic N) is 1. The first kappa shape index (κ1) is 15.8. The number of guanidine groups is 1. The smallest absolute Gasteiger partial charge is 0.268 e. The molecule has 1 rings (SSSR count). The molecule has 108 valence electrons. The lowest BCUT2D eigenvalue weighted by Crippen LogP contribution is -2.52. The summed E-state index contributed by atoms with van der Waals surface area (Å²) in [6.45, 7) is -0.630. The molecule has 1 aliphatic rings. The van der Waals surface area contributed by atoms with Crippen molar-refractivity contribution < 1.29 is 29.3 Å². The predicted octanol–water partition coefficient (Wildman–Crippen LogP) is -1.77. The Morgan fingerprint density at radius 1 is 1.68 bits per heavy atom. The number of hydrogen-bond acceptors (Lipinski definition) is 7. The maximum Gasteiger partial charge on any atom is 0.268 e. The van der Waals surface area contributed by atoms with E-state index in [0.29, 0.717) is 6.21 Å². The number of amides is 1.